The van der Waals surface area contributed by atoms with E-state index in [0.29, 0.717) is 6.04 Å². The van der Waals surface area contributed by atoms with Crippen molar-refractivity contribution < 1.29 is 5.43 Å². The number of hydrogen-bond acceptors (Lipinski definition) is 5. The van der Waals surface area contributed by atoms with Gasteiger partial charge in [0.25, 0.3) is 0 Å². The van der Waals surface area contributed by atoms with Gasteiger partial charge in [-0.2, -0.15) is 5.84 Å². The van der Waals surface area contributed by atoms with Gasteiger partial charge in [0.05, 0.1) is 6.20 Å². The number of nitrogens with zero attached hydrogens (tertiary/aromatic N) is 1. The monoisotopic (exact) mass is 411 g/mol. The van der Waals surface area contributed by atoms with Crippen LogP contribution in [0, 0.1) is 0 Å². The Bertz CT molecular complexity index is 370. The summed E-state index contributed by atoms with van der Waals surface area (Å²) in [6, 6.07) is 0.583. The predicted molar refractivity (Wildman–Crippen MR) is 127 cm³/mol. The Morgan fingerprint density at radius 3 is 1.79 bits per heavy atom. The first-order chi connectivity index (χ1) is 14.2. The van der Waals surface area contributed by atoms with Gasteiger partial charge in [-0.05, 0) is 25.8 Å². The van der Waals surface area contributed by atoms with Crippen molar-refractivity contribution in [1.82, 2.24) is 20.9 Å². The number of hydrogen-bond donors (Lipinski definition) is 5. The lowest BCUT2D eigenvalue weighted by molar-refractivity contribution is -0.600. The van der Waals surface area contributed by atoms with Crippen molar-refractivity contribution >= 4 is 0 Å². The minimum Gasteiger partial charge on any atom is -0.390 e. The van der Waals surface area contributed by atoms with E-state index in [9.17, 15) is 0 Å². The van der Waals surface area contributed by atoms with Gasteiger partial charge in [-0.3, -0.25) is 0 Å². The SMILES string of the molecule is CC(C)NCCCN(C)C=CNCCCCCCCCCCCCNC=C[NH2+]N. The van der Waals surface area contributed by atoms with Gasteiger partial charge in [-0.1, -0.05) is 65.2 Å². The van der Waals surface area contributed by atoms with Crippen LogP contribution >= 0.6 is 0 Å². The highest BCUT2D eigenvalue weighted by Gasteiger charge is 1.95. The third kappa shape index (κ3) is 24.7. The number of quaternary nitrogens is 1. The molecule has 0 amide bonds. The summed E-state index contributed by atoms with van der Waals surface area (Å²) in [5, 5.41) is 10.1. The molecule has 0 aromatic rings. The second kappa shape index (κ2) is 23.0. The summed E-state index contributed by atoms with van der Waals surface area (Å²) < 4.78 is 0. The standard InChI is InChI=1S/C23H50N6/c1-23(2)27-17-14-21-29(3)22-20-26-16-13-11-9-7-5-4-6-8-10-12-15-25-18-19-28-24/h18-20,22-23,25-28H,4-17,21,24H2,1-3H3/p+1. The van der Waals surface area contributed by atoms with Crippen LogP contribution < -0.4 is 27.2 Å². The van der Waals surface area contributed by atoms with Gasteiger partial charge in [0, 0.05) is 45.1 Å². The number of unbranched alkanes of at least 4 members (excludes halogenated alkanes) is 9. The zero-order valence-corrected chi connectivity index (χ0v) is 19.6. The molecule has 0 heterocycles. The number of nitrogens with two attached hydrogens (primary N) is 2. The van der Waals surface area contributed by atoms with Crippen LogP contribution in [0.15, 0.2) is 24.8 Å². The molecule has 0 unspecified atom stereocenters. The molecule has 0 rings (SSSR count). The lowest BCUT2D eigenvalue weighted by Crippen LogP contribution is -2.85. The molecule has 0 saturated carbocycles. The van der Waals surface area contributed by atoms with Crippen molar-refractivity contribution in [2.24, 2.45) is 5.84 Å². The molecule has 0 saturated heterocycles. The zero-order chi connectivity index (χ0) is 21.4. The summed E-state index contributed by atoms with van der Waals surface area (Å²) >= 11 is 0. The average molecular weight is 412 g/mol. The Hall–Kier alpha value is -1.24. The van der Waals surface area contributed by atoms with Gasteiger partial charge < -0.3 is 20.9 Å². The van der Waals surface area contributed by atoms with E-state index in [-0.39, 0.29) is 0 Å². The molecule has 0 bridgehead atoms. The van der Waals surface area contributed by atoms with E-state index in [1.54, 1.807) is 5.43 Å². The van der Waals surface area contributed by atoms with Gasteiger partial charge in [-0.15, -0.1) is 0 Å². The normalized spacial score (nSPS) is 11.8. The first-order valence-corrected chi connectivity index (χ1v) is 11.9. The van der Waals surface area contributed by atoms with E-state index in [2.05, 4.69) is 54.1 Å². The van der Waals surface area contributed by atoms with Crippen LogP contribution in [0.2, 0.25) is 0 Å². The third-order valence-electron chi connectivity index (χ3n) is 4.90. The highest BCUT2D eigenvalue weighted by atomic mass is 15.2. The van der Waals surface area contributed by atoms with Crippen molar-refractivity contribution in [3.63, 3.8) is 0 Å². The number of rotatable bonds is 22. The summed E-state index contributed by atoms with van der Waals surface area (Å²) in [7, 11) is 2.14. The van der Waals surface area contributed by atoms with E-state index in [4.69, 9.17) is 5.84 Å². The van der Waals surface area contributed by atoms with Crippen LogP contribution in [0.3, 0.4) is 0 Å². The van der Waals surface area contributed by atoms with E-state index in [0.717, 1.165) is 26.2 Å². The molecule has 29 heavy (non-hydrogen) atoms. The molecule has 0 spiro atoms. The molecule has 0 aliphatic carbocycles. The third-order valence-corrected chi connectivity index (χ3v) is 4.90. The minimum atomic E-state index is 0.583. The first-order valence-electron chi connectivity index (χ1n) is 11.9. The molecule has 0 aliphatic rings. The maximum atomic E-state index is 5.27. The summed E-state index contributed by atoms with van der Waals surface area (Å²) in [5.41, 5.74) is 1.55. The average Bonchev–Trinajstić information content (AvgIpc) is 2.70. The topological polar surface area (TPSA) is 82.0 Å². The maximum Gasteiger partial charge on any atom is 0.127 e. The molecule has 0 atom stereocenters. The molecular weight excluding hydrogens is 360 g/mol. The molecule has 7 N–H and O–H groups in total. The van der Waals surface area contributed by atoms with Gasteiger partial charge >= 0.3 is 0 Å². The first kappa shape index (κ1) is 27.8. The molecule has 6 heteroatoms. The minimum absolute atomic E-state index is 0.583. The number of nitrogens with one attached hydrogen (secondary N) is 3. The zero-order valence-electron chi connectivity index (χ0n) is 19.6. The Labute approximate surface area is 181 Å². The van der Waals surface area contributed by atoms with Crippen molar-refractivity contribution in [3.8, 4) is 0 Å². The fraction of sp³-hybridized carbons (Fsp3) is 0.826. The molecule has 0 radical (unpaired) electrons. The van der Waals surface area contributed by atoms with Crippen LogP contribution in [-0.2, 0) is 0 Å². The van der Waals surface area contributed by atoms with Crippen molar-refractivity contribution in [2.45, 2.75) is 90.5 Å². The molecular formula is C23H51N6+. The predicted octanol–water partition coefficient (Wildman–Crippen LogP) is 2.77. The Kier molecular flexibility index (Phi) is 22.1. The van der Waals surface area contributed by atoms with Crippen molar-refractivity contribution in [2.75, 3.05) is 33.2 Å². The van der Waals surface area contributed by atoms with Gasteiger partial charge in [0.15, 0.2) is 0 Å². The smallest absolute Gasteiger partial charge is 0.127 e. The van der Waals surface area contributed by atoms with Crippen LogP contribution in [-0.4, -0.2) is 44.2 Å². The van der Waals surface area contributed by atoms with E-state index in [1.165, 1.54) is 70.6 Å². The lowest BCUT2D eigenvalue weighted by Gasteiger charge is -2.15. The highest BCUT2D eigenvalue weighted by molar-refractivity contribution is 4.78. The second-order valence-corrected chi connectivity index (χ2v) is 8.25. The Balaban J connectivity index is 3.20. The van der Waals surface area contributed by atoms with Crippen LogP contribution in [0.4, 0.5) is 0 Å². The largest absolute Gasteiger partial charge is 0.390 e. The van der Waals surface area contributed by atoms with Gasteiger partial charge in [0.2, 0.25) is 0 Å². The lowest BCUT2D eigenvalue weighted by atomic mass is 10.1. The van der Waals surface area contributed by atoms with E-state index in [1.807, 2.05) is 12.4 Å². The summed E-state index contributed by atoms with van der Waals surface area (Å²) in [5.74, 6) is 5.27. The molecule has 0 fully saturated rings. The summed E-state index contributed by atoms with van der Waals surface area (Å²) in [6.07, 6.45) is 22.7. The van der Waals surface area contributed by atoms with Crippen molar-refractivity contribution in [3.05, 3.63) is 24.8 Å². The maximum absolute atomic E-state index is 5.27. The molecule has 0 aromatic heterocycles. The fourth-order valence-corrected chi connectivity index (χ4v) is 3.13. The molecule has 6 nitrogen and oxygen atoms in total. The van der Waals surface area contributed by atoms with Crippen LogP contribution in [0.25, 0.3) is 0 Å². The van der Waals surface area contributed by atoms with Crippen LogP contribution in [0.1, 0.15) is 84.5 Å². The summed E-state index contributed by atoms with van der Waals surface area (Å²) in [4.78, 5) is 2.25. The highest BCUT2D eigenvalue weighted by Crippen LogP contribution is 2.10. The van der Waals surface area contributed by atoms with Crippen LogP contribution in [0.5, 0.6) is 0 Å². The quantitative estimate of drug-likeness (QED) is 0.107. The molecule has 0 aromatic carbocycles. The Morgan fingerprint density at radius 2 is 1.28 bits per heavy atom. The summed E-state index contributed by atoms with van der Waals surface area (Å²) in [6.45, 7) is 8.72. The van der Waals surface area contributed by atoms with E-state index < -0.39 is 0 Å². The second-order valence-electron chi connectivity index (χ2n) is 8.25. The Morgan fingerprint density at radius 1 is 0.759 bits per heavy atom. The van der Waals surface area contributed by atoms with E-state index >= 15 is 0 Å². The van der Waals surface area contributed by atoms with Gasteiger partial charge in [-0.25, -0.2) is 5.43 Å². The van der Waals surface area contributed by atoms with Gasteiger partial charge in [0.1, 0.15) is 6.20 Å². The molecule has 172 valence electrons. The molecule has 0 aliphatic heterocycles. The van der Waals surface area contributed by atoms with Crippen molar-refractivity contribution in [1.29, 1.82) is 0 Å². The fourth-order valence-electron chi connectivity index (χ4n) is 3.13.